The summed E-state index contributed by atoms with van der Waals surface area (Å²) in [5, 5.41) is 12.3. The highest BCUT2D eigenvalue weighted by molar-refractivity contribution is 5.94. The quantitative estimate of drug-likeness (QED) is 0.903. The maximum atomic E-state index is 14.4. The van der Waals surface area contributed by atoms with Crippen molar-refractivity contribution in [2.45, 2.75) is 32.4 Å². The van der Waals surface area contributed by atoms with Crippen LogP contribution in [0.5, 0.6) is 0 Å². The molecule has 0 spiro atoms. The van der Waals surface area contributed by atoms with Crippen molar-refractivity contribution in [2.75, 3.05) is 18.0 Å². The van der Waals surface area contributed by atoms with E-state index in [0.717, 1.165) is 0 Å². The van der Waals surface area contributed by atoms with Crippen molar-refractivity contribution in [3.63, 3.8) is 0 Å². The standard InChI is InChI=1S/C18H21FN2O3/c1-12-15(6-9-24-12)18(23)20-11-13-2-3-17(16(19)10-13)21-7-4-14(22)5-8-21/h2-3,6,9-10,14,22H,4-5,7-8,11H2,1H3,(H,20,23). The first-order chi connectivity index (χ1) is 11.5. The van der Waals surface area contributed by atoms with Gasteiger partial charge in [0.15, 0.2) is 0 Å². The van der Waals surface area contributed by atoms with Crippen LogP contribution >= 0.6 is 0 Å². The van der Waals surface area contributed by atoms with Gasteiger partial charge in [0.2, 0.25) is 0 Å². The molecule has 2 heterocycles. The molecular weight excluding hydrogens is 311 g/mol. The van der Waals surface area contributed by atoms with Gasteiger partial charge >= 0.3 is 0 Å². The molecule has 3 rings (SSSR count). The molecule has 1 fully saturated rings. The molecule has 0 saturated carbocycles. The first-order valence-electron chi connectivity index (χ1n) is 8.08. The highest BCUT2D eigenvalue weighted by Crippen LogP contribution is 2.24. The monoisotopic (exact) mass is 332 g/mol. The fourth-order valence-electron chi connectivity index (χ4n) is 2.92. The van der Waals surface area contributed by atoms with Crippen LogP contribution in [0.15, 0.2) is 34.9 Å². The largest absolute Gasteiger partial charge is 0.469 e. The van der Waals surface area contributed by atoms with Gasteiger partial charge in [0, 0.05) is 19.6 Å². The maximum Gasteiger partial charge on any atom is 0.255 e. The fraction of sp³-hybridized carbons (Fsp3) is 0.389. The normalized spacial score (nSPS) is 15.5. The molecule has 6 heteroatoms. The highest BCUT2D eigenvalue weighted by atomic mass is 19.1. The summed E-state index contributed by atoms with van der Waals surface area (Å²) in [7, 11) is 0. The number of furan rings is 1. The lowest BCUT2D eigenvalue weighted by atomic mass is 10.1. The molecule has 0 aliphatic carbocycles. The number of aliphatic hydroxyl groups excluding tert-OH is 1. The van der Waals surface area contributed by atoms with Crippen LogP contribution < -0.4 is 10.2 Å². The minimum Gasteiger partial charge on any atom is -0.469 e. The molecular formula is C18H21FN2O3. The Balaban J connectivity index is 1.62. The van der Waals surface area contributed by atoms with Gasteiger partial charge in [0.25, 0.3) is 5.91 Å². The average Bonchev–Trinajstić information content (AvgIpc) is 3.00. The third kappa shape index (κ3) is 3.59. The molecule has 1 aliphatic rings. The van der Waals surface area contributed by atoms with E-state index >= 15 is 0 Å². The summed E-state index contributed by atoms with van der Waals surface area (Å²) in [4.78, 5) is 14.0. The Morgan fingerprint density at radius 2 is 2.12 bits per heavy atom. The Labute approximate surface area is 140 Å². The SMILES string of the molecule is Cc1occc1C(=O)NCc1ccc(N2CCC(O)CC2)c(F)c1. The Morgan fingerprint density at radius 3 is 2.75 bits per heavy atom. The van der Waals surface area contributed by atoms with Crippen molar-refractivity contribution < 1.29 is 18.7 Å². The molecule has 1 aromatic heterocycles. The molecule has 1 aromatic carbocycles. The second-order valence-electron chi connectivity index (χ2n) is 6.08. The molecule has 0 atom stereocenters. The van der Waals surface area contributed by atoms with Crippen LogP contribution in [0, 0.1) is 12.7 Å². The maximum absolute atomic E-state index is 14.4. The number of rotatable bonds is 4. The smallest absolute Gasteiger partial charge is 0.255 e. The number of aryl methyl sites for hydroxylation is 1. The van der Waals surface area contributed by atoms with E-state index in [1.807, 2.05) is 11.0 Å². The van der Waals surface area contributed by atoms with Gasteiger partial charge in [0.05, 0.1) is 23.6 Å². The minimum absolute atomic E-state index is 0.240. The van der Waals surface area contributed by atoms with Crippen LogP contribution in [0.1, 0.15) is 34.5 Å². The lowest BCUT2D eigenvalue weighted by molar-refractivity contribution is 0.0949. The summed E-state index contributed by atoms with van der Waals surface area (Å²) < 4.78 is 19.5. The zero-order valence-electron chi connectivity index (χ0n) is 13.6. The number of amides is 1. The minimum atomic E-state index is -0.308. The van der Waals surface area contributed by atoms with E-state index in [-0.39, 0.29) is 24.4 Å². The van der Waals surface area contributed by atoms with Crippen LogP contribution in [0.25, 0.3) is 0 Å². The van der Waals surface area contributed by atoms with Crippen LogP contribution in [-0.2, 0) is 6.54 Å². The summed E-state index contributed by atoms with van der Waals surface area (Å²) in [6, 6.07) is 6.60. The Hall–Kier alpha value is -2.34. The van der Waals surface area contributed by atoms with Gasteiger partial charge in [-0.05, 0) is 43.5 Å². The molecule has 2 N–H and O–H groups in total. The molecule has 24 heavy (non-hydrogen) atoms. The molecule has 5 nitrogen and oxygen atoms in total. The summed E-state index contributed by atoms with van der Waals surface area (Å²) in [6.07, 6.45) is 2.49. The van der Waals surface area contributed by atoms with Gasteiger partial charge < -0.3 is 19.7 Å². The predicted molar refractivity (Wildman–Crippen MR) is 88.5 cm³/mol. The van der Waals surface area contributed by atoms with Gasteiger partial charge in [-0.3, -0.25) is 4.79 Å². The van der Waals surface area contributed by atoms with Gasteiger partial charge in [0.1, 0.15) is 11.6 Å². The molecule has 1 saturated heterocycles. The second kappa shape index (κ2) is 7.05. The lowest BCUT2D eigenvalue weighted by Crippen LogP contribution is -2.36. The summed E-state index contributed by atoms with van der Waals surface area (Å²) in [5.74, 6) is 0.00898. The number of benzene rings is 1. The van der Waals surface area contributed by atoms with Crippen molar-refractivity contribution in [3.8, 4) is 0 Å². The van der Waals surface area contributed by atoms with E-state index < -0.39 is 0 Å². The predicted octanol–water partition coefficient (Wildman–Crippen LogP) is 2.62. The zero-order valence-corrected chi connectivity index (χ0v) is 13.6. The number of hydrogen-bond acceptors (Lipinski definition) is 4. The molecule has 1 aliphatic heterocycles. The van der Waals surface area contributed by atoms with Crippen LogP contribution in [0.4, 0.5) is 10.1 Å². The number of nitrogens with one attached hydrogen (secondary N) is 1. The number of piperidine rings is 1. The van der Waals surface area contributed by atoms with E-state index in [9.17, 15) is 14.3 Å². The van der Waals surface area contributed by atoms with Crippen molar-refractivity contribution >= 4 is 11.6 Å². The Bertz CT molecular complexity index is 721. The lowest BCUT2D eigenvalue weighted by Gasteiger charge is -2.31. The van der Waals surface area contributed by atoms with Crippen molar-refractivity contribution in [2.24, 2.45) is 0 Å². The summed E-state index contributed by atoms with van der Waals surface area (Å²) in [6.45, 7) is 3.26. The van der Waals surface area contributed by atoms with Crippen LogP contribution in [-0.4, -0.2) is 30.2 Å². The Kier molecular flexibility index (Phi) is 4.85. The number of carbonyl (C=O) groups is 1. The third-order valence-electron chi connectivity index (χ3n) is 4.37. The van der Waals surface area contributed by atoms with E-state index in [0.29, 0.717) is 48.5 Å². The van der Waals surface area contributed by atoms with Crippen LogP contribution in [0.2, 0.25) is 0 Å². The molecule has 0 unspecified atom stereocenters. The number of hydrogen-bond donors (Lipinski definition) is 2. The van der Waals surface area contributed by atoms with Crippen molar-refractivity contribution in [1.82, 2.24) is 5.32 Å². The van der Waals surface area contributed by atoms with E-state index in [1.165, 1.54) is 12.3 Å². The van der Waals surface area contributed by atoms with Crippen molar-refractivity contribution in [1.29, 1.82) is 0 Å². The van der Waals surface area contributed by atoms with Gasteiger partial charge in [-0.15, -0.1) is 0 Å². The first-order valence-corrected chi connectivity index (χ1v) is 8.08. The number of halogens is 1. The topological polar surface area (TPSA) is 65.7 Å². The van der Waals surface area contributed by atoms with E-state index in [4.69, 9.17) is 4.42 Å². The molecule has 2 aromatic rings. The summed E-state index contributed by atoms with van der Waals surface area (Å²) in [5.41, 5.74) is 1.73. The number of aliphatic hydroxyl groups is 1. The van der Waals surface area contributed by atoms with Gasteiger partial charge in [-0.25, -0.2) is 4.39 Å². The molecule has 1 amide bonds. The Morgan fingerprint density at radius 1 is 1.38 bits per heavy atom. The molecule has 0 bridgehead atoms. The number of nitrogens with zero attached hydrogens (tertiary/aromatic N) is 1. The second-order valence-corrected chi connectivity index (χ2v) is 6.08. The van der Waals surface area contributed by atoms with Crippen LogP contribution in [0.3, 0.4) is 0 Å². The number of anilines is 1. The van der Waals surface area contributed by atoms with Gasteiger partial charge in [-0.1, -0.05) is 6.07 Å². The number of carbonyl (C=O) groups excluding carboxylic acids is 1. The fourth-order valence-corrected chi connectivity index (χ4v) is 2.92. The highest BCUT2D eigenvalue weighted by Gasteiger charge is 2.20. The zero-order chi connectivity index (χ0) is 17.1. The molecule has 0 radical (unpaired) electrons. The van der Waals surface area contributed by atoms with Gasteiger partial charge in [-0.2, -0.15) is 0 Å². The van der Waals surface area contributed by atoms with Crippen molar-refractivity contribution in [3.05, 3.63) is 53.2 Å². The average molecular weight is 332 g/mol. The summed E-state index contributed by atoms with van der Waals surface area (Å²) >= 11 is 0. The molecule has 128 valence electrons. The first kappa shape index (κ1) is 16.5. The van der Waals surface area contributed by atoms with E-state index in [2.05, 4.69) is 5.32 Å². The van der Waals surface area contributed by atoms with E-state index in [1.54, 1.807) is 19.1 Å². The third-order valence-corrected chi connectivity index (χ3v) is 4.37.